The van der Waals surface area contributed by atoms with E-state index in [2.05, 4.69) is 100 Å². The van der Waals surface area contributed by atoms with Crippen molar-refractivity contribution in [3.8, 4) is 28.1 Å². The van der Waals surface area contributed by atoms with Crippen LogP contribution in [0.3, 0.4) is 0 Å². The van der Waals surface area contributed by atoms with Gasteiger partial charge in [0.2, 0.25) is 11.8 Å². The van der Waals surface area contributed by atoms with Gasteiger partial charge in [-0.2, -0.15) is 4.99 Å². The molecule has 2 fully saturated rings. The van der Waals surface area contributed by atoms with Crippen LogP contribution < -0.4 is 15.5 Å². The minimum absolute atomic E-state index is 0.0909. The zero-order valence-corrected chi connectivity index (χ0v) is 41.3. The van der Waals surface area contributed by atoms with Crippen molar-refractivity contribution in [1.82, 2.24) is 30.2 Å². The summed E-state index contributed by atoms with van der Waals surface area (Å²) in [6.45, 7) is 13.6. The van der Waals surface area contributed by atoms with Crippen LogP contribution in [0, 0.1) is 11.3 Å². The quantitative estimate of drug-likeness (QED) is 0.0931. The van der Waals surface area contributed by atoms with Crippen molar-refractivity contribution < 1.29 is 28.7 Å². The number of fused-ring (bicyclic) bond motifs is 6. The summed E-state index contributed by atoms with van der Waals surface area (Å²) in [5.41, 5.74) is 11.3. The van der Waals surface area contributed by atoms with Gasteiger partial charge in [-0.1, -0.05) is 65.0 Å². The second-order valence-electron chi connectivity index (χ2n) is 20.0. The molecule has 3 aliphatic rings. The Morgan fingerprint density at radius 3 is 2.52 bits per heavy atom. The molecular formula is C55H66N8O6. The summed E-state index contributed by atoms with van der Waals surface area (Å²) in [4.78, 5) is 72.3. The third-order valence-corrected chi connectivity index (χ3v) is 13.9. The van der Waals surface area contributed by atoms with Crippen molar-refractivity contribution in [1.29, 1.82) is 0 Å². The number of cyclic esters (lactones) is 1. The summed E-state index contributed by atoms with van der Waals surface area (Å²) in [5, 5.41) is 5.67. The van der Waals surface area contributed by atoms with Gasteiger partial charge in [-0.3, -0.25) is 29.2 Å². The zero-order chi connectivity index (χ0) is 49.0. The highest BCUT2D eigenvalue weighted by Gasteiger charge is 2.46. The first-order valence-electron chi connectivity index (χ1n) is 24.4. The molecule has 8 rings (SSSR count). The van der Waals surface area contributed by atoms with Gasteiger partial charge < -0.3 is 24.3 Å². The van der Waals surface area contributed by atoms with Crippen LogP contribution >= 0.6 is 0 Å². The van der Waals surface area contributed by atoms with E-state index >= 15 is 0 Å². The molecule has 5 aromatic rings. The van der Waals surface area contributed by atoms with E-state index in [4.69, 9.17) is 9.47 Å². The summed E-state index contributed by atoms with van der Waals surface area (Å²) in [6.07, 6.45) is 8.01. The average molecular weight is 935 g/mol. The molecule has 0 radical (unpaired) electrons. The molecule has 4 heterocycles. The van der Waals surface area contributed by atoms with Crippen molar-refractivity contribution in [2.24, 2.45) is 21.3 Å². The number of pyridine rings is 1. The molecule has 14 nitrogen and oxygen atoms in total. The highest BCUT2D eigenvalue weighted by Crippen LogP contribution is 2.44. The molecule has 14 heteroatoms. The molecule has 1 aliphatic carbocycles. The predicted octanol–water partition coefficient (Wildman–Crippen LogP) is 8.52. The Labute approximate surface area is 405 Å². The van der Waals surface area contributed by atoms with E-state index in [0.29, 0.717) is 50.1 Å². The number of aliphatic imine (C=N–C) groups is 2. The normalized spacial score (nSPS) is 19.2. The lowest BCUT2D eigenvalue weighted by Gasteiger charge is -2.37. The highest BCUT2D eigenvalue weighted by molar-refractivity contribution is 5.96. The van der Waals surface area contributed by atoms with Crippen molar-refractivity contribution >= 4 is 46.3 Å². The molecule has 2 aromatic heterocycles. The van der Waals surface area contributed by atoms with Gasteiger partial charge in [-0.05, 0) is 122 Å². The van der Waals surface area contributed by atoms with Crippen LogP contribution in [0.5, 0.6) is 5.75 Å². The number of carbonyl (C=O) groups is 4. The number of esters is 1. The van der Waals surface area contributed by atoms with Gasteiger partial charge in [0.1, 0.15) is 23.9 Å². The maximum Gasteiger partial charge on any atom is 0.324 e. The first-order chi connectivity index (χ1) is 33.1. The van der Waals surface area contributed by atoms with Gasteiger partial charge in [0.05, 0.1) is 43.1 Å². The lowest BCUT2D eigenvalue weighted by molar-refractivity contribution is -0.155. The first kappa shape index (κ1) is 48.8. The van der Waals surface area contributed by atoms with Gasteiger partial charge in [-0.15, -0.1) is 0 Å². The monoisotopic (exact) mass is 935 g/mol. The number of nitrogens with one attached hydrogen (secondary N) is 2. The van der Waals surface area contributed by atoms with Crippen LogP contribution in [-0.4, -0.2) is 100 Å². The number of methoxy groups -OCH3 is 1. The maximum atomic E-state index is 14.8. The summed E-state index contributed by atoms with van der Waals surface area (Å²) in [5.74, 6) is -1.08. The van der Waals surface area contributed by atoms with Crippen LogP contribution in [0.2, 0.25) is 0 Å². The fourth-order valence-corrected chi connectivity index (χ4v) is 9.94. The van der Waals surface area contributed by atoms with Crippen LogP contribution in [0.25, 0.3) is 33.3 Å². The Morgan fingerprint density at radius 1 is 1.04 bits per heavy atom. The fourth-order valence-electron chi connectivity index (χ4n) is 9.94. The van der Waals surface area contributed by atoms with Gasteiger partial charge in [0, 0.05) is 60.8 Å². The highest BCUT2D eigenvalue weighted by atomic mass is 16.5. The second-order valence-corrected chi connectivity index (χ2v) is 20.0. The number of hydrogen-bond acceptors (Lipinski definition) is 10. The minimum atomic E-state index is -1.03. The number of hydrogen-bond donors (Lipinski definition) is 2. The smallest absolute Gasteiger partial charge is 0.324 e. The maximum absolute atomic E-state index is 14.8. The number of hydrazine groups is 1. The van der Waals surface area contributed by atoms with Gasteiger partial charge in [-0.25, -0.2) is 10.4 Å². The molecule has 0 spiro atoms. The number of amides is 3. The fraction of sp³-hybridized carbons (Fsp3) is 0.455. The third kappa shape index (κ3) is 10.8. The Morgan fingerprint density at radius 2 is 1.81 bits per heavy atom. The molecule has 2 N–H and O–H groups in total. The second kappa shape index (κ2) is 20.5. The molecule has 3 atom stereocenters. The molecule has 3 aromatic carbocycles. The van der Waals surface area contributed by atoms with Crippen molar-refractivity contribution in [3.63, 3.8) is 0 Å². The molecule has 69 heavy (non-hydrogen) atoms. The number of nitrogens with zero attached hydrogens (tertiary/aromatic N) is 6. The Bertz CT molecular complexity index is 2790. The van der Waals surface area contributed by atoms with E-state index in [1.807, 2.05) is 38.4 Å². The average Bonchev–Trinajstić information content (AvgIpc) is 4.05. The number of aromatic nitrogens is 2. The molecule has 2 aliphatic heterocycles. The standard InChI is InChI=1S/C55H66N8O6/c1-9-37-22-25-56-32-44(37)50-43-30-54(5,6)33-69-53(67)45-15-12-26-63(60-45)52(66)46(28-36-13-11-14-38(27-36)39-16-21-47(42(43)29-39)62(50)10-2)59-51(65)49(35(3)4)61(7)48(64)31-55(23-24-55)58-34-57-40-17-19-41(68-8)20-18-40/h11,13-14,16-22,25,27,29,32,35,45-46,49,60H,9-10,12,15,23-24,26,28,30-31,33H2,1-8H3,(H,59,65)/t45-,46-,49-/m0/s1. The van der Waals surface area contributed by atoms with E-state index in [-0.39, 0.29) is 37.2 Å². The van der Waals surface area contributed by atoms with Crippen LogP contribution in [0.1, 0.15) is 90.3 Å². The van der Waals surface area contributed by atoms with Gasteiger partial charge in [0.15, 0.2) is 0 Å². The van der Waals surface area contributed by atoms with Gasteiger partial charge >= 0.3 is 5.97 Å². The third-order valence-electron chi connectivity index (χ3n) is 13.9. The summed E-state index contributed by atoms with van der Waals surface area (Å²) >= 11 is 0. The summed E-state index contributed by atoms with van der Waals surface area (Å²) in [6, 6.07) is 24.1. The SMILES string of the molecule is CCc1ccncc1-c1c2c3cc(ccc3n1CC)-c1cccc(c1)C[C@H](NC(=O)[C@H](C(C)C)N(C)C(=O)CC1(N=C=Nc3ccc(OC)cc3)CC1)C(=O)N1CCC[C@H](N1)C(=O)OCC(C)(C)C2. The van der Waals surface area contributed by atoms with E-state index < -0.39 is 41.0 Å². The first-order valence-corrected chi connectivity index (χ1v) is 24.4. The number of rotatable bonds is 12. The molecule has 1 saturated heterocycles. The Kier molecular flexibility index (Phi) is 14.5. The lowest BCUT2D eigenvalue weighted by atomic mass is 9.84. The van der Waals surface area contributed by atoms with Crippen LogP contribution in [0.15, 0.2) is 95.2 Å². The number of likely N-dealkylation sites (N-methyl/N-ethyl adjacent to an activating group) is 1. The van der Waals surface area contributed by atoms with Crippen molar-refractivity contribution in [2.75, 3.05) is 27.3 Å². The van der Waals surface area contributed by atoms with E-state index in [0.717, 1.165) is 51.8 Å². The summed E-state index contributed by atoms with van der Waals surface area (Å²) in [7, 11) is 3.24. The molecule has 1 saturated carbocycles. The number of benzene rings is 3. The molecule has 3 amide bonds. The van der Waals surface area contributed by atoms with Crippen molar-refractivity contribution in [2.45, 2.75) is 123 Å². The number of ether oxygens (including phenoxy) is 2. The van der Waals surface area contributed by atoms with E-state index in [1.54, 1.807) is 38.4 Å². The largest absolute Gasteiger partial charge is 0.497 e. The lowest BCUT2D eigenvalue weighted by Crippen LogP contribution is -2.62. The van der Waals surface area contributed by atoms with Gasteiger partial charge in [0.25, 0.3) is 5.91 Å². The molecule has 6 bridgehead atoms. The molecule has 0 unspecified atom stereocenters. The van der Waals surface area contributed by atoms with Crippen molar-refractivity contribution in [3.05, 3.63) is 102 Å². The topological polar surface area (TPSA) is 160 Å². The molecule has 362 valence electrons. The summed E-state index contributed by atoms with van der Waals surface area (Å²) < 4.78 is 13.7. The van der Waals surface area contributed by atoms with E-state index in [9.17, 15) is 19.2 Å². The number of aryl methyl sites for hydroxylation is 2. The zero-order valence-electron chi connectivity index (χ0n) is 41.3. The minimum Gasteiger partial charge on any atom is -0.497 e. The predicted molar refractivity (Wildman–Crippen MR) is 268 cm³/mol. The number of carbonyl (C=O) groups excluding carboxylic acids is 4. The van der Waals surface area contributed by atoms with Crippen LogP contribution in [-0.2, 0) is 49.7 Å². The molecular weight excluding hydrogens is 869 g/mol. The Hall–Kier alpha value is -6.63. The Balaban J connectivity index is 1.11. The van der Waals surface area contributed by atoms with Crippen LogP contribution in [0.4, 0.5) is 5.69 Å². The van der Waals surface area contributed by atoms with E-state index in [1.165, 1.54) is 21.0 Å².